The molecule has 0 aliphatic carbocycles. The van der Waals surface area contributed by atoms with Crippen molar-refractivity contribution in [3.05, 3.63) is 80.8 Å². The fourth-order valence-corrected chi connectivity index (χ4v) is 4.40. The molecule has 0 aliphatic heterocycles. The first kappa shape index (κ1) is 19.6. The van der Waals surface area contributed by atoms with Crippen LogP contribution in [-0.4, -0.2) is 15.5 Å². The highest BCUT2D eigenvalue weighted by Gasteiger charge is 2.16. The quantitative estimate of drug-likeness (QED) is 0.460. The van der Waals surface area contributed by atoms with Gasteiger partial charge in [0.05, 0.1) is 21.1 Å². The maximum absolute atomic E-state index is 13.0. The average Bonchev–Trinajstić information content (AvgIpc) is 3.13. The van der Waals surface area contributed by atoms with Gasteiger partial charge in [0.2, 0.25) is 5.91 Å². The second kappa shape index (κ2) is 7.99. The van der Waals surface area contributed by atoms with E-state index in [2.05, 4.69) is 10.3 Å². The molecule has 5 nitrogen and oxygen atoms in total. The van der Waals surface area contributed by atoms with E-state index in [1.807, 2.05) is 36.4 Å². The molecule has 0 fully saturated rings. The first-order chi connectivity index (χ1) is 13.9. The summed E-state index contributed by atoms with van der Waals surface area (Å²) in [5.74, 6) is 0.0790. The number of benzene rings is 2. The number of hydrogen-bond acceptors (Lipinski definition) is 4. The van der Waals surface area contributed by atoms with Crippen molar-refractivity contribution >= 4 is 56.3 Å². The molecular formula is C21H15Cl2N3O2S. The molecule has 0 spiro atoms. The van der Waals surface area contributed by atoms with Gasteiger partial charge in [0.15, 0.2) is 0 Å². The van der Waals surface area contributed by atoms with Crippen molar-refractivity contribution in [1.29, 1.82) is 0 Å². The molecule has 8 heteroatoms. The minimum atomic E-state index is -0.390. The van der Waals surface area contributed by atoms with Crippen LogP contribution in [-0.2, 0) is 11.3 Å². The van der Waals surface area contributed by atoms with Gasteiger partial charge in [-0.15, -0.1) is 11.3 Å². The minimum absolute atomic E-state index is 0.174. The molecule has 0 atom stereocenters. The summed E-state index contributed by atoms with van der Waals surface area (Å²) in [5.41, 5.74) is 1.16. The van der Waals surface area contributed by atoms with Gasteiger partial charge >= 0.3 is 0 Å². The topological polar surface area (TPSA) is 64.0 Å². The number of hydrogen-bond donors (Lipinski definition) is 1. The van der Waals surface area contributed by atoms with Crippen LogP contribution >= 0.6 is 34.5 Å². The summed E-state index contributed by atoms with van der Waals surface area (Å²) in [6.45, 7) is 1.54. The number of halogens is 2. The van der Waals surface area contributed by atoms with Crippen molar-refractivity contribution in [1.82, 2.24) is 9.55 Å². The Bertz CT molecular complexity index is 1280. The van der Waals surface area contributed by atoms with E-state index in [0.29, 0.717) is 26.8 Å². The van der Waals surface area contributed by atoms with Crippen molar-refractivity contribution in [2.24, 2.45) is 0 Å². The Kier molecular flexibility index (Phi) is 5.41. The van der Waals surface area contributed by atoms with Crippen molar-refractivity contribution in [3.8, 4) is 10.4 Å². The summed E-state index contributed by atoms with van der Waals surface area (Å²) in [7, 11) is 0. The van der Waals surface area contributed by atoms with E-state index in [1.54, 1.807) is 25.1 Å². The smallest absolute Gasteiger partial charge is 0.262 e. The number of nitrogens with zero attached hydrogens (tertiary/aromatic N) is 2. The number of carbonyl (C=O) groups is 1. The summed E-state index contributed by atoms with van der Waals surface area (Å²) in [4.78, 5) is 31.7. The number of aryl methyl sites for hydroxylation is 1. The molecular weight excluding hydrogens is 429 g/mol. The van der Waals surface area contributed by atoms with Crippen LogP contribution in [0.2, 0.25) is 10.0 Å². The normalized spacial score (nSPS) is 11.0. The molecule has 0 saturated heterocycles. The number of thiophene rings is 1. The lowest BCUT2D eigenvalue weighted by molar-refractivity contribution is -0.116. The van der Waals surface area contributed by atoms with Crippen molar-refractivity contribution in [2.75, 3.05) is 5.32 Å². The Morgan fingerprint density at radius 2 is 1.90 bits per heavy atom. The second-order valence-corrected chi connectivity index (χ2v) is 8.21. The molecule has 0 saturated carbocycles. The van der Waals surface area contributed by atoms with Gasteiger partial charge in [0, 0.05) is 4.88 Å². The third kappa shape index (κ3) is 3.92. The highest BCUT2D eigenvalue weighted by molar-refractivity contribution is 7.21. The zero-order chi connectivity index (χ0) is 20.5. The predicted molar refractivity (Wildman–Crippen MR) is 119 cm³/mol. The standard InChI is InChI=1S/C21H15Cl2N3O2S/c1-12-24-20-14(10-17(29-20)13-6-3-2-4-7-13)21(28)26(12)11-18(27)25-16-9-5-8-15(22)19(16)23/h2-10H,11H2,1H3,(H,25,27). The van der Waals surface area contributed by atoms with Crippen molar-refractivity contribution in [3.63, 3.8) is 0 Å². The van der Waals surface area contributed by atoms with Gasteiger partial charge in [-0.25, -0.2) is 4.98 Å². The van der Waals surface area contributed by atoms with Crippen molar-refractivity contribution in [2.45, 2.75) is 13.5 Å². The van der Waals surface area contributed by atoms with Gasteiger partial charge < -0.3 is 5.32 Å². The van der Waals surface area contributed by atoms with E-state index < -0.39 is 0 Å². The number of amides is 1. The van der Waals surface area contributed by atoms with Gasteiger partial charge in [-0.1, -0.05) is 59.6 Å². The fraction of sp³-hybridized carbons (Fsp3) is 0.0952. The number of aromatic nitrogens is 2. The zero-order valence-electron chi connectivity index (χ0n) is 15.3. The third-order valence-corrected chi connectivity index (χ3v) is 6.32. The van der Waals surface area contributed by atoms with E-state index in [4.69, 9.17) is 23.2 Å². The molecule has 1 amide bonds. The number of fused-ring (bicyclic) bond motifs is 1. The molecule has 2 aromatic carbocycles. The highest BCUT2D eigenvalue weighted by Crippen LogP contribution is 2.31. The summed E-state index contributed by atoms with van der Waals surface area (Å²) in [5, 5.41) is 3.78. The van der Waals surface area contributed by atoms with Gasteiger partial charge in [-0.05, 0) is 30.7 Å². The molecule has 2 aromatic heterocycles. The molecule has 0 unspecified atom stereocenters. The SMILES string of the molecule is Cc1nc2sc(-c3ccccc3)cc2c(=O)n1CC(=O)Nc1cccc(Cl)c1Cl. The Morgan fingerprint density at radius 1 is 1.14 bits per heavy atom. The first-order valence-electron chi connectivity index (χ1n) is 8.74. The summed E-state index contributed by atoms with van der Waals surface area (Å²) >= 11 is 13.5. The van der Waals surface area contributed by atoms with Gasteiger partial charge in [-0.2, -0.15) is 0 Å². The van der Waals surface area contributed by atoms with Crippen LogP contribution < -0.4 is 10.9 Å². The van der Waals surface area contributed by atoms with E-state index >= 15 is 0 Å². The number of carbonyl (C=O) groups excluding carboxylic acids is 1. The largest absolute Gasteiger partial charge is 0.323 e. The Morgan fingerprint density at radius 3 is 2.66 bits per heavy atom. The van der Waals surface area contributed by atoms with Crippen LogP contribution in [0.3, 0.4) is 0 Å². The average molecular weight is 444 g/mol. The Hall–Kier alpha value is -2.67. The fourth-order valence-electron chi connectivity index (χ4n) is 2.98. The molecule has 0 aliphatic rings. The van der Waals surface area contributed by atoms with Crippen LogP contribution in [0, 0.1) is 6.92 Å². The maximum atomic E-state index is 13.0. The summed E-state index contributed by atoms with van der Waals surface area (Å²) in [6.07, 6.45) is 0. The number of nitrogens with one attached hydrogen (secondary N) is 1. The lowest BCUT2D eigenvalue weighted by atomic mass is 10.2. The lowest BCUT2D eigenvalue weighted by Gasteiger charge is -2.11. The maximum Gasteiger partial charge on any atom is 0.262 e. The molecule has 29 heavy (non-hydrogen) atoms. The van der Waals surface area contributed by atoms with Crippen LogP contribution in [0.1, 0.15) is 5.82 Å². The van der Waals surface area contributed by atoms with E-state index in [1.165, 1.54) is 15.9 Å². The van der Waals surface area contributed by atoms with Crippen LogP contribution in [0.5, 0.6) is 0 Å². The Balaban J connectivity index is 1.66. The molecule has 4 rings (SSSR count). The molecule has 0 radical (unpaired) electrons. The monoisotopic (exact) mass is 443 g/mol. The van der Waals surface area contributed by atoms with Crippen LogP contribution in [0.15, 0.2) is 59.4 Å². The number of rotatable bonds is 4. The Labute approximate surface area is 180 Å². The molecule has 146 valence electrons. The van der Waals surface area contributed by atoms with E-state index in [0.717, 1.165) is 10.4 Å². The van der Waals surface area contributed by atoms with Gasteiger partial charge in [0.1, 0.15) is 17.2 Å². The van der Waals surface area contributed by atoms with Crippen LogP contribution in [0.4, 0.5) is 5.69 Å². The molecule has 0 bridgehead atoms. The summed E-state index contributed by atoms with van der Waals surface area (Å²) < 4.78 is 1.36. The second-order valence-electron chi connectivity index (χ2n) is 6.40. The van der Waals surface area contributed by atoms with Crippen LogP contribution in [0.25, 0.3) is 20.7 Å². The van der Waals surface area contributed by atoms with E-state index in [9.17, 15) is 9.59 Å². The molecule has 2 heterocycles. The molecule has 4 aromatic rings. The van der Waals surface area contributed by atoms with E-state index in [-0.39, 0.29) is 23.0 Å². The number of anilines is 1. The van der Waals surface area contributed by atoms with Gasteiger partial charge in [-0.3, -0.25) is 14.2 Å². The molecule has 1 N–H and O–H groups in total. The first-order valence-corrected chi connectivity index (χ1v) is 10.3. The predicted octanol–water partition coefficient (Wildman–Crippen LogP) is 5.38. The minimum Gasteiger partial charge on any atom is -0.323 e. The lowest BCUT2D eigenvalue weighted by Crippen LogP contribution is -2.29. The third-order valence-electron chi connectivity index (χ3n) is 4.43. The highest BCUT2D eigenvalue weighted by atomic mass is 35.5. The zero-order valence-corrected chi connectivity index (χ0v) is 17.6. The summed E-state index contributed by atoms with van der Waals surface area (Å²) in [6, 6.07) is 16.6. The van der Waals surface area contributed by atoms with Gasteiger partial charge in [0.25, 0.3) is 5.56 Å². The van der Waals surface area contributed by atoms with Crippen molar-refractivity contribution < 1.29 is 4.79 Å².